The van der Waals surface area contributed by atoms with Gasteiger partial charge in [-0.1, -0.05) is 23.7 Å². The normalized spacial score (nSPS) is 18.6. The lowest BCUT2D eigenvalue weighted by atomic mass is 9.94. The van der Waals surface area contributed by atoms with E-state index in [9.17, 15) is 13.8 Å². The SMILES string of the molecule is COc1ccc(-c2c(Cl)c(CN3C(=O)CCC3=O)cc3sc4c(c23)CCS(=O)C4)cc1. The standard InChI is InChI=1S/C23H20ClNO4S2/c1-29-15-4-2-13(3-5-15)21-22-16-8-9-31(28)12-18(16)30-17(22)10-14(23(21)24)11-25-19(26)6-7-20(25)27/h2-5,10H,6-9,11-12H2,1H3. The van der Waals surface area contributed by atoms with Gasteiger partial charge >= 0.3 is 0 Å². The summed E-state index contributed by atoms with van der Waals surface area (Å²) in [5, 5.41) is 1.65. The largest absolute Gasteiger partial charge is 0.497 e. The zero-order valence-electron chi connectivity index (χ0n) is 16.9. The molecule has 2 aliphatic heterocycles. The van der Waals surface area contributed by atoms with Crippen molar-refractivity contribution in [3.63, 3.8) is 0 Å². The molecule has 1 atom stereocenters. The minimum atomic E-state index is -0.844. The number of hydrogen-bond acceptors (Lipinski definition) is 5. The Kier molecular flexibility index (Phi) is 5.36. The first-order chi connectivity index (χ1) is 15.0. The molecule has 2 amide bonds. The summed E-state index contributed by atoms with van der Waals surface area (Å²) in [6, 6.07) is 9.73. The summed E-state index contributed by atoms with van der Waals surface area (Å²) in [4.78, 5) is 26.8. The molecule has 0 bridgehead atoms. The minimum absolute atomic E-state index is 0.159. The van der Waals surface area contributed by atoms with Crippen LogP contribution >= 0.6 is 22.9 Å². The van der Waals surface area contributed by atoms with Crippen molar-refractivity contribution in [2.24, 2.45) is 0 Å². The Labute approximate surface area is 191 Å². The van der Waals surface area contributed by atoms with Gasteiger partial charge in [-0.25, -0.2) is 0 Å². The van der Waals surface area contributed by atoms with E-state index in [2.05, 4.69) is 0 Å². The summed E-state index contributed by atoms with van der Waals surface area (Å²) in [6.07, 6.45) is 1.26. The second kappa shape index (κ2) is 8.04. The highest BCUT2D eigenvalue weighted by atomic mass is 35.5. The number of rotatable bonds is 4. The molecule has 1 saturated heterocycles. The zero-order valence-corrected chi connectivity index (χ0v) is 19.3. The zero-order chi connectivity index (χ0) is 21.7. The number of carbonyl (C=O) groups is 2. The average molecular weight is 474 g/mol. The third-order valence-corrected chi connectivity index (χ3v) is 8.97. The first-order valence-corrected chi connectivity index (χ1v) is 12.7. The van der Waals surface area contributed by atoms with Crippen LogP contribution < -0.4 is 4.74 Å². The summed E-state index contributed by atoms with van der Waals surface area (Å²) in [5.41, 5.74) is 3.82. The van der Waals surface area contributed by atoms with Crippen LogP contribution in [-0.4, -0.2) is 33.8 Å². The first kappa shape index (κ1) is 20.7. The van der Waals surface area contributed by atoms with Crippen LogP contribution in [0.15, 0.2) is 30.3 Å². The molecule has 8 heteroatoms. The Hall–Kier alpha value is -2.22. The molecule has 3 heterocycles. The number of imide groups is 1. The van der Waals surface area contributed by atoms with Crippen LogP contribution in [0.2, 0.25) is 5.02 Å². The van der Waals surface area contributed by atoms with E-state index < -0.39 is 10.8 Å². The lowest BCUT2D eigenvalue weighted by Gasteiger charge is -2.19. The molecular weight excluding hydrogens is 454 g/mol. The monoisotopic (exact) mass is 473 g/mol. The highest BCUT2D eigenvalue weighted by Crippen LogP contribution is 2.46. The van der Waals surface area contributed by atoms with Gasteiger partial charge < -0.3 is 4.74 Å². The Morgan fingerprint density at radius 3 is 2.52 bits per heavy atom. The Morgan fingerprint density at radius 1 is 1.13 bits per heavy atom. The van der Waals surface area contributed by atoms with Gasteiger partial charge in [-0.2, -0.15) is 0 Å². The van der Waals surface area contributed by atoms with Gasteiger partial charge in [-0.15, -0.1) is 11.3 Å². The summed E-state index contributed by atoms with van der Waals surface area (Å²) in [5.74, 6) is 1.65. The second-order valence-corrected chi connectivity index (χ2v) is 10.8. The van der Waals surface area contributed by atoms with E-state index in [4.69, 9.17) is 16.3 Å². The lowest BCUT2D eigenvalue weighted by molar-refractivity contribution is -0.139. The fourth-order valence-electron chi connectivity index (χ4n) is 4.33. The van der Waals surface area contributed by atoms with Gasteiger partial charge in [0.15, 0.2) is 0 Å². The predicted octanol–water partition coefficient (Wildman–Crippen LogP) is 4.68. The van der Waals surface area contributed by atoms with Crippen LogP contribution in [0.25, 0.3) is 21.2 Å². The molecule has 1 aromatic heterocycles. The van der Waals surface area contributed by atoms with Gasteiger partial charge in [0.1, 0.15) is 5.75 Å². The Balaban J connectivity index is 1.72. The number of halogens is 1. The van der Waals surface area contributed by atoms with E-state index in [-0.39, 0.29) is 31.2 Å². The molecule has 0 aliphatic carbocycles. The third kappa shape index (κ3) is 3.58. The van der Waals surface area contributed by atoms with E-state index in [0.29, 0.717) is 16.5 Å². The molecule has 0 saturated carbocycles. The second-order valence-electron chi connectivity index (χ2n) is 7.74. The number of nitrogens with zero attached hydrogens (tertiary/aromatic N) is 1. The van der Waals surface area contributed by atoms with Crippen LogP contribution in [0.1, 0.15) is 28.8 Å². The highest BCUT2D eigenvalue weighted by molar-refractivity contribution is 7.84. The molecule has 31 heavy (non-hydrogen) atoms. The number of carbonyl (C=O) groups excluding carboxylic acids is 2. The molecule has 1 unspecified atom stereocenters. The number of thiophene rings is 1. The third-order valence-electron chi connectivity index (χ3n) is 5.91. The van der Waals surface area contributed by atoms with E-state index in [1.165, 1.54) is 10.5 Å². The number of likely N-dealkylation sites (tertiary alicyclic amines) is 1. The molecule has 0 radical (unpaired) electrons. The van der Waals surface area contributed by atoms with E-state index in [0.717, 1.165) is 43.8 Å². The van der Waals surface area contributed by atoms with Crippen LogP contribution in [0.4, 0.5) is 0 Å². The molecule has 0 spiro atoms. The van der Waals surface area contributed by atoms with Crippen LogP contribution in [0, 0.1) is 0 Å². The number of ether oxygens (including phenoxy) is 1. The molecule has 160 valence electrons. The average Bonchev–Trinajstić information content (AvgIpc) is 3.28. The van der Waals surface area contributed by atoms with Crippen molar-refractivity contribution < 1.29 is 18.5 Å². The van der Waals surface area contributed by atoms with Gasteiger partial charge in [0.05, 0.1) is 24.4 Å². The quantitative estimate of drug-likeness (QED) is 0.516. The van der Waals surface area contributed by atoms with Crippen molar-refractivity contribution in [2.75, 3.05) is 12.9 Å². The molecule has 2 aliphatic rings. The maximum absolute atomic E-state index is 12.2. The fraction of sp³-hybridized carbons (Fsp3) is 0.304. The molecule has 5 rings (SSSR count). The van der Waals surface area contributed by atoms with Crippen molar-refractivity contribution in [3.8, 4) is 16.9 Å². The van der Waals surface area contributed by atoms with Gasteiger partial charge in [0.2, 0.25) is 11.8 Å². The summed E-state index contributed by atoms with van der Waals surface area (Å²) >= 11 is 8.60. The minimum Gasteiger partial charge on any atom is -0.497 e. The number of amides is 2. The van der Waals surface area contributed by atoms with Gasteiger partial charge in [0, 0.05) is 49.9 Å². The maximum Gasteiger partial charge on any atom is 0.229 e. The maximum atomic E-state index is 12.2. The first-order valence-electron chi connectivity index (χ1n) is 10.0. The molecule has 5 nitrogen and oxygen atoms in total. The topological polar surface area (TPSA) is 63.7 Å². The molecule has 2 aromatic carbocycles. The summed E-state index contributed by atoms with van der Waals surface area (Å²) in [6.45, 7) is 0.171. The van der Waals surface area contributed by atoms with Gasteiger partial charge in [-0.05, 0) is 41.3 Å². The summed E-state index contributed by atoms with van der Waals surface area (Å²) in [7, 11) is 0.781. The van der Waals surface area contributed by atoms with Crippen molar-refractivity contribution >= 4 is 55.6 Å². The number of benzene rings is 2. The Bertz CT molecular complexity index is 1230. The smallest absolute Gasteiger partial charge is 0.229 e. The highest BCUT2D eigenvalue weighted by Gasteiger charge is 2.31. The molecule has 0 N–H and O–H groups in total. The number of hydrogen-bond donors (Lipinski definition) is 0. The number of fused-ring (bicyclic) bond motifs is 3. The molecular formula is C23H20ClNO4S2. The Morgan fingerprint density at radius 2 is 1.84 bits per heavy atom. The lowest BCUT2D eigenvalue weighted by Crippen LogP contribution is -2.28. The van der Waals surface area contributed by atoms with E-state index in [1.54, 1.807) is 18.4 Å². The van der Waals surface area contributed by atoms with Gasteiger partial charge in [-0.3, -0.25) is 18.7 Å². The fourth-order valence-corrected chi connectivity index (χ4v) is 7.44. The molecule has 1 fully saturated rings. The number of aryl methyl sites for hydroxylation is 1. The van der Waals surface area contributed by atoms with Crippen molar-refractivity contribution in [1.82, 2.24) is 4.90 Å². The number of methoxy groups -OCH3 is 1. The van der Waals surface area contributed by atoms with E-state index >= 15 is 0 Å². The van der Waals surface area contributed by atoms with Crippen molar-refractivity contribution in [2.45, 2.75) is 31.6 Å². The van der Waals surface area contributed by atoms with Gasteiger partial charge in [0.25, 0.3) is 0 Å². The molecule has 3 aromatic rings. The van der Waals surface area contributed by atoms with Crippen LogP contribution in [0.3, 0.4) is 0 Å². The van der Waals surface area contributed by atoms with E-state index in [1.807, 2.05) is 30.3 Å². The van der Waals surface area contributed by atoms with Crippen molar-refractivity contribution in [3.05, 3.63) is 51.4 Å². The van der Waals surface area contributed by atoms with Crippen LogP contribution in [-0.2, 0) is 39.1 Å². The van der Waals surface area contributed by atoms with Crippen molar-refractivity contribution in [1.29, 1.82) is 0 Å². The summed E-state index contributed by atoms with van der Waals surface area (Å²) < 4.78 is 18.5. The predicted molar refractivity (Wildman–Crippen MR) is 124 cm³/mol. The van der Waals surface area contributed by atoms with Crippen LogP contribution in [0.5, 0.6) is 5.75 Å².